The minimum Gasteiger partial charge on any atom is -0.320 e. The van der Waals surface area contributed by atoms with Gasteiger partial charge in [-0.3, -0.25) is 9.78 Å². The third-order valence-electron chi connectivity index (χ3n) is 2.03. The van der Waals surface area contributed by atoms with Gasteiger partial charge in [-0.25, -0.2) is 0 Å². The van der Waals surface area contributed by atoms with Crippen LogP contribution in [0.2, 0.25) is 0 Å². The molecule has 0 saturated carbocycles. The maximum absolute atomic E-state index is 11.7. The highest BCUT2D eigenvalue weighted by Crippen LogP contribution is 2.15. The number of anilines is 1. The van der Waals surface area contributed by atoms with E-state index in [1.54, 1.807) is 18.5 Å². The lowest BCUT2D eigenvalue weighted by Crippen LogP contribution is -2.11. The van der Waals surface area contributed by atoms with Crippen LogP contribution in [0.1, 0.15) is 15.2 Å². The second kappa shape index (κ2) is 4.23. The smallest absolute Gasteiger partial charge is 0.265 e. The van der Waals surface area contributed by atoms with Crippen molar-refractivity contribution in [2.75, 3.05) is 5.32 Å². The number of thiophene rings is 1. The molecule has 0 radical (unpaired) electrons. The van der Waals surface area contributed by atoms with E-state index in [9.17, 15) is 4.79 Å². The summed E-state index contributed by atoms with van der Waals surface area (Å²) in [5.41, 5.74) is 1.77. The van der Waals surface area contributed by atoms with Crippen molar-refractivity contribution in [1.82, 2.24) is 4.98 Å². The molecule has 1 N–H and O–H groups in total. The van der Waals surface area contributed by atoms with Gasteiger partial charge >= 0.3 is 0 Å². The third-order valence-corrected chi connectivity index (χ3v) is 2.90. The Kier molecular flexibility index (Phi) is 2.78. The molecule has 4 heteroatoms. The first-order valence-corrected chi connectivity index (χ1v) is 5.41. The van der Waals surface area contributed by atoms with E-state index in [1.165, 1.54) is 11.3 Å². The van der Waals surface area contributed by atoms with E-state index in [2.05, 4.69) is 10.3 Å². The highest BCUT2D eigenvalue weighted by Gasteiger charge is 2.07. The SMILES string of the molecule is Cc1ccncc1NC(=O)c1cccs1. The lowest BCUT2D eigenvalue weighted by atomic mass is 10.2. The number of nitrogens with zero attached hydrogens (tertiary/aromatic N) is 1. The molecule has 76 valence electrons. The van der Waals surface area contributed by atoms with Crippen LogP contribution in [-0.4, -0.2) is 10.9 Å². The van der Waals surface area contributed by atoms with Crippen LogP contribution in [-0.2, 0) is 0 Å². The second-order valence-corrected chi connectivity index (χ2v) is 4.07. The molecule has 2 rings (SSSR count). The topological polar surface area (TPSA) is 42.0 Å². The van der Waals surface area contributed by atoms with Gasteiger partial charge in [-0.2, -0.15) is 0 Å². The summed E-state index contributed by atoms with van der Waals surface area (Å²) >= 11 is 1.42. The highest BCUT2D eigenvalue weighted by atomic mass is 32.1. The molecule has 0 atom stereocenters. The first kappa shape index (κ1) is 9.86. The van der Waals surface area contributed by atoms with Crippen LogP contribution in [0.3, 0.4) is 0 Å². The van der Waals surface area contributed by atoms with Gasteiger partial charge in [0, 0.05) is 6.20 Å². The number of carbonyl (C=O) groups excluding carboxylic acids is 1. The number of hydrogen-bond donors (Lipinski definition) is 1. The maximum Gasteiger partial charge on any atom is 0.265 e. The van der Waals surface area contributed by atoms with Crippen molar-refractivity contribution < 1.29 is 4.79 Å². The van der Waals surface area contributed by atoms with Gasteiger partial charge in [0.25, 0.3) is 5.91 Å². The van der Waals surface area contributed by atoms with Gasteiger partial charge < -0.3 is 5.32 Å². The standard InChI is InChI=1S/C11H10N2OS/c1-8-4-5-12-7-9(8)13-11(14)10-3-2-6-15-10/h2-7H,1H3,(H,13,14). The molecule has 2 aromatic heterocycles. The van der Waals surface area contributed by atoms with Crippen LogP contribution in [0.15, 0.2) is 36.0 Å². The maximum atomic E-state index is 11.7. The van der Waals surface area contributed by atoms with Gasteiger partial charge in [0.05, 0.1) is 16.8 Å². The number of amides is 1. The summed E-state index contributed by atoms with van der Waals surface area (Å²) in [5, 5.41) is 4.70. The molecule has 3 nitrogen and oxygen atoms in total. The Hall–Kier alpha value is -1.68. The van der Waals surface area contributed by atoms with Crippen molar-refractivity contribution >= 4 is 22.9 Å². The molecule has 15 heavy (non-hydrogen) atoms. The number of pyridine rings is 1. The molecule has 0 saturated heterocycles. The molecule has 0 aliphatic carbocycles. The molecule has 1 amide bonds. The van der Waals surface area contributed by atoms with Crippen LogP contribution < -0.4 is 5.32 Å². The average Bonchev–Trinajstić information content (AvgIpc) is 2.74. The molecule has 2 aromatic rings. The van der Waals surface area contributed by atoms with Crippen molar-refractivity contribution in [3.8, 4) is 0 Å². The number of rotatable bonds is 2. The summed E-state index contributed by atoms with van der Waals surface area (Å²) in [6, 6.07) is 5.52. The molecule has 2 heterocycles. The van der Waals surface area contributed by atoms with E-state index in [4.69, 9.17) is 0 Å². The largest absolute Gasteiger partial charge is 0.320 e. The molecule has 0 aliphatic heterocycles. The Labute approximate surface area is 91.8 Å². The van der Waals surface area contributed by atoms with Gasteiger partial charge in [-0.1, -0.05) is 6.07 Å². The van der Waals surface area contributed by atoms with E-state index in [0.29, 0.717) is 4.88 Å². The summed E-state index contributed by atoms with van der Waals surface area (Å²) in [7, 11) is 0. The first-order chi connectivity index (χ1) is 7.27. The van der Waals surface area contributed by atoms with Crippen molar-refractivity contribution in [1.29, 1.82) is 0 Å². The van der Waals surface area contributed by atoms with E-state index in [-0.39, 0.29) is 5.91 Å². The number of carbonyl (C=O) groups is 1. The molecule has 0 bridgehead atoms. The molecule has 0 spiro atoms. The molecule has 0 fully saturated rings. The van der Waals surface area contributed by atoms with Crippen LogP contribution in [0.4, 0.5) is 5.69 Å². The number of hydrogen-bond acceptors (Lipinski definition) is 3. The first-order valence-electron chi connectivity index (χ1n) is 4.53. The zero-order valence-electron chi connectivity index (χ0n) is 8.23. The van der Waals surface area contributed by atoms with E-state index in [0.717, 1.165) is 11.3 Å². The second-order valence-electron chi connectivity index (χ2n) is 3.12. The Bertz CT molecular complexity index is 465. The van der Waals surface area contributed by atoms with Gasteiger partial charge in [0.1, 0.15) is 0 Å². The minimum absolute atomic E-state index is 0.0823. The Morgan fingerprint density at radius 1 is 1.47 bits per heavy atom. The fourth-order valence-electron chi connectivity index (χ4n) is 1.19. The zero-order chi connectivity index (χ0) is 10.7. The zero-order valence-corrected chi connectivity index (χ0v) is 9.04. The third kappa shape index (κ3) is 2.22. The summed E-state index contributed by atoms with van der Waals surface area (Å²) in [6.45, 7) is 1.94. The average molecular weight is 218 g/mol. The van der Waals surface area contributed by atoms with E-state index >= 15 is 0 Å². The minimum atomic E-state index is -0.0823. The van der Waals surface area contributed by atoms with Gasteiger partial charge in [0.2, 0.25) is 0 Å². The molecule has 0 aromatic carbocycles. The number of aryl methyl sites for hydroxylation is 1. The number of nitrogens with one attached hydrogen (secondary N) is 1. The van der Waals surface area contributed by atoms with Crippen LogP contribution in [0.25, 0.3) is 0 Å². The van der Waals surface area contributed by atoms with Gasteiger partial charge in [-0.15, -0.1) is 11.3 Å². The van der Waals surface area contributed by atoms with Crippen LogP contribution >= 0.6 is 11.3 Å². The van der Waals surface area contributed by atoms with Crippen molar-refractivity contribution in [3.05, 3.63) is 46.4 Å². The molecular formula is C11H10N2OS. The van der Waals surface area contributed by atoms with Crippen molar-refractivity contribution in [3.63, 3.8) is 0 Å². The number of aromatic nitrogens is 1. The lowest BCUT2D eigenvalue weighted by Gasteiger charge is -2.05. The van der Waals surface area contributed by atoms with Gasteiger partial charge in [0.15, 0.2) is 0 Å². The highest BCUT2D eigenvalue weighted by molar-refractivity contribution is 7.12. The van der Waals surface area contributed by atoms with Crippen LogP contribution in [0, 0.1) is 6.92 Å². The Morgan fingerprint density at radius 3 is 3.00 bits per heavy atom. The Balaban J connectivity index is 2.17. The predicted octanol–water partition coefficient (Wildman–Crippen LogP) is 2.70. The predicted molar refractivity (Wildman–Crippen MR) is 61.2 cm³/mol. The fraction of sp³-hybridized carbons (Fsp3) is 0.0909. The van der Waals surface area contributed by atoms with Gasteiger partial charge in [-0.05, 0) is 30.0 Å². The Morgan fingerprint density at radius 2 is 2.33 bits per heavy atom. The fourth-order valence-corrected chi connectivity index (χ4v) is 1.81. The summed E-state index contributed by atoms with van der Waals surface area (Å²) in [6.07, 6.45) is 3.36. The molecule has 0 aliphatic rings. The summed E-state index contributed by atoms with van der Waals surface area (Å²) in [5.74, 6) is -0.0823. The lowest BCUT2D eigenvalue weighted by molar-refractivity contribution is 0.103. The monoisotopic (exact) mass is 218 g/mol. The molecular weight excluding hydrogens is 208 g/mol. The quantitative estimate of drug-likeness (QED) is 0.842. The molecule has 0 unspecified atom stereocenters. The summed E-state index contributed by atoms with van der Waals surface area (Å²) < 4.78 is 0. The van der Waals surface area contributed by atoms with Crippen LogP contribution in [0.5, 0.6) is 0 Å². The van der Waals surface area contributed by atoms with Crippen molar-refractivity contribution in [2.24, 2.45) is 0 Å². The normalized spacial score (nSPS) is 9.93. The van der Waals surface area contributed by atoms with E-state index < -0.39 is 0 Å². The van der Waals surface area contributed by atoms with E-state index in [1.807, 2.05) is 24.4 Å². The summed E-state index contributed by atoms with van der Waals surface area (Å²) in [4.78, 5) is 16.4. The van der Waals surface area contributed by atoms with Crippen molar-refractivity contribution in [2.45, 2.75) is 6.92 Å².